The molecule has 3 aromatic carbocycles. The normalized spacial score (nSPS) is 10.9. The number of halogens is 2. The molecule has 0 bridgehead atoms. The predicted octanol–water partition coefficient (Wildman–Crippen LogP) is 3.66. The molecule has 0 spiro atoms. The van der Waals surface area contributed by atoms with Crippen molar-refractivity contribution < 1.29 is 27.1 Å². The lowest BCUT2D eigenvalue weighted by Crippen LogP contribution is -2.32. The van der Waals surface area contributed by atoms with E-state index in [0.29, 0.717) is 0 Å². The largest absolute Gasteiger partial charge is 0.495 e. The molecule has 0 radical (unpaired) electrons. The minimum atomic E-state index is -4.12. The lowest BCUT2D eigenvalue weighted by atomic mass is 10.2. The van der Waals surface area contributed by atoms with Crippen molar-refractivity contribution in [3.8, 4) is 5.75 Å². The monoisotopic (exact) mass is 491 g/mol. The summed E-state index contributed by atoms with van der Waals surface area (Å²) in [7, 11) is -2.81. The van der Waals surface area contributed by atoms with Crippen LogP contribution < -0.4 is 20.1 Å². The summed E-state index contributed by atoms with van der Waals surface area (Å²) in [6.07, 6.45) is 0. The van der Waals surface area contributed by atoms with E-state index in [2.05, 4.69) is 15.4 Å². The number of sulfonamides is 1. The average Bonchev–Trinajstić information content (AvgIpc) is 2.79. The standard InChI is InChI=1S/C22H19ClFN3O5S/c1-32-19-10-9-16(12-20(19)33(30,31)27-18-8-3-2-7-17(18)23)26-21(28)13-25-22(29)14-5-4-6-15(24)11-14/h2-12,27H,13H2,1H3,(H,25,29)(H,26,28). The van der Waals surface area contributed by atoms with Gasteiger partial charge in [0, 0.05) is 11.3 Å². The molecule has 11 heteroatoms. The Morgan fingerprint density at radius 2 is 1.79 bits per heavy atom. The van der Waals surface area contributed by atoms with Crippen molar-refractivity contribution in [3.05, 3.63) is 83.1 Å². The van der Waals surface area contributed by atoms with Gasteiger partial charge in [0.2, 0.25) is 5.91 Å². The van der Waals surface area contributed by atoms with Gasteiger partial charge < -0.3 is 15.4 Å². The fraction of sp³-hybridized carbons (Fsp3) is 0.0909. The Balaban J connectivity index is 1.73. The van der Waals surface area contributed by atoms with Crippen molar-refractivity contribution in [2.75, 3.05) is 23.7 Å². The first kappa shape index (κ1) is 24.0. The Morgan fingerprint density at radius 3 is 2.48 bits per heavy atom. The van der Waals surface area contributed by atoms with Crippen molar-refractivity contribution in [3.63, 3.8) is 0 Å². The molecule has 2 amide bonds. The predicted molar refractivity (Wildman–Crippen MR) is 123 cm³/mol. The van der Waals surface area contributed by atoms with Crippen molar-refractivity contribution in [2.45, 2.75) is 4.90 Å². The summed E-state index contributed by atoms with van der Waals surface area (Å²) >= 11 is 6.03. The minimum absolute atomic E-state index is 0.0481. The lowest BCUT2D eigenvalue weighted by molar-refractivity contribution is -0.115. The van der Waals surface area contributed by atoms with E-state index < -0.39 is 34.2 Å². The minimum Gasteiger partial charge on any atom is -0.495 e. The number of carbonyl (C=O) groups is 2. The second kappa shape index (κ2) is 10.3. The van der Waals surface area contributed by atoms with Crippen LogP contribution in [0.15, 0.2) is 71.6 Å². The number of anilines is 2. The fourth-order valence-corrected chi connectivity index (χ4v) is 4.32. The van der Waals surface area contributed by atoms with E-state index in [1.165, 1.54) is 55.6 Å². The topological polar surface area (TPSA) is 114 Å². The highest BCUT2D eigenvalue weighted by Gasteiger charge is 2.22. The van der Waals surface area contributed by atoms with Crippen LogP contribution in [0, 0.1) is 5.82 Å². The van der Waals surface area contributed by atoms with Gasteiger partial charge in [-0.05, 0) is 48.5 Å². The van der Waals surface area contributed by atoms with Gasteiger partial charge in [-0.25, -0.2) is 12.8 Å². The van der Waals surface area contributed by atoms with Crippen LogP contribution in [-0.2, 0) is 14.8 Å². The third kappa shape index (κ3) is 6.21. The molecule has 172 valence electrons. The van der Waals surface area contributed by atoms with Crippen LogP contribution >= 0.6 is 11.6 Å². The molecule has 0 unspecified atom stereocenters. The van der Waals surface area contributed by atoms with Gasteiger partial charge in [-0.1, -0.05) is 29.8 Å². The lowest BCUT2D eigenvalue weighted by Gasteiger charge is -2.14. The Bertz CT molecular complexity index is 1300. The summed E-state index contributed by atoms with van der Waals surface area (Å²) in [4.78, 5) is 24.1. The number of benzene rings is 3. The molecule has 0 heterocycles. The van der Waals surface area contributed by atoms with Gasteiger partial charge in [0.1, 0.15) is 16.5 Å². The molecule has 0 aromatic heterocycles. The van der Waals surface area contributed by atoms with E-state index in [4.69, 9.17) is 16.3 Å². The molecule has 3 N–H and O–H groups in total. The van der Waals surface area contributed by atoms with Gasteiger partial charge in [0.25, 0.3) is 15.9 Å². The maximum Gasteiger partial charge on any atom is 0.265 e. The third-order valence-electron chi connectivity index (χ3n) is 4.35. The number of methoxy groups -OCH3 is 1. The van der Waals surface area contributed by atoms with Crippen molar-refractivity contribution in [1.82, 2.24) is 5.32 Å². The Kier molecular flexibility index (Phi) is 7.52. The summed E-state index contributed by atoms with van der Waals surface area (Å²) in [5, 5.41) is 5.07. The molecule has 0 aliphatic rings. The van der Waals surface area contributed by atoms with Crippen LogP contribution in [0.4, 0.5) is 15.8 Å². The molecule has 3 aromatic rings. The van der Waals surface area contributed by atoms with Gasteiger partial charge in [-0.2, -0.15) is 0 Å². The Morgan fingerprint density at radius 1 is 1.03 bits per heavy atom. The number of carbonyl (C=O) groups excluding carboxylic acids is 2. The van der Waals surface area contributed by atoms with Crippen LogP contribution in [0.25, 0.3) is 0 Å². The zero-order valence-corrected chi connectivity index (χ0v) is 18.8. The Hall–Kier alpha value is -3.63. The first-order chi connectivity index (χ1) is 15.7. The molecular weight excluding hydrogens is 473 g/mol. The van der Waals surface area contributed by atoms with Gasteiger partial charge in [0.15, 0.2) is 0 Å². The first-order valence-corrected chi connectivity index (χ1v) is 11.3. The highest BCUT2D eigenvalue weighted by atomic mass is 35.5. The number of para-hydroxylation sites is 1. The number of nitrogens with one attached hydrogen (secondary N) is 3. The number of hydrogen-bond acceptors (Lipinski definition) is 5. The van der Waals surface area contributed by atoms with Gasteiger partial charge in [-0.15, -0.1) is 0 Å². The summed E-state index contributed by atoms with van der Waals surface area (Å²) in [5.74, 6) is -1.78. The number of amides is 2. The van der Waals surface area contributed by atoms with Crippen LogP contribution in [-0.4, -0.2) is 33.9 Å². The molecule has 33 heavy (non-hydrogen) atoms. The second-order valence-corrected chi connectivity index (χ2v) is 8.75. The highest BCUT2D eigenvalue weighted by Crippen LogP contribution is 2.30. The quantitative estimate of drug-likeness (QED) is 0.445. The molecule has 8 nitrogen and oxygen atoms in total. The smallest absolute Gasteiger partial charge is 0.265 e. The maximum atomic E-state index is 13.2. The average molecular weight is 492 g/mol. The first-order valence-electron chi connectivity index (χ1n) is 9.48. The third-order valence-corrected chi connectivity index (χ3v) is 6.07. The summed E-state index contributed by atoms with van der Waals surface area (Å²) in [6.45, 7) is -0.415. The molecule has 0 aliphatic heterocycles. The van der Waals surface area contributed by atoms with Crippen LogP contribution in [0.2, 0.25) is 5.02 Å². The van der Waals surface area contributed by atoms with E-state index in [1.807, 2.05) is 0 Å². The maximum absolute atomic E-state index is 13.2. The summed E-state index contributed by atoms with van der Waals surface area (Å²) in [6, 6.07) is 15.4. The Labute approximate surface area is 194 Å². The molecule has 0 aliphatic carbocycles. The molecule has 0 atom stereocenters. The number of hydrogen-bond donors (Lipinski definition) is 3. The van der Waals surface area contributed by atoms with E-state index in [-0.39, 0.29) is 32.6 Å². The molecule has 0 saturated heterocycles. The summed E-state index contributed by atoms with van der Waals surface area (Å²) < 4.78 is 46.6. The van der Waals surface area contributed by atoms with E-state index >= 15 is 0 Å². The van der Waals surface area contributed by atoms with Crippen molar-refractivity contribution >= 4 is 44.8 Å². The van der Waals surface area contributed by atoms with E-state index in [9.17, 15) is 22.4 Å². The van der Waals surface area contributed by atoms with E-state index in [1.54, 1.807) is 12.1 Å². The number of rotatable bonds is 8. The van der Waals surface area contributed by atoms with E-state index in [0.717, 1.165) is 6.07 Å². The zero-order valence-electron chi connectivity index (χ0n) is 17.3. The van der Waals surface area contributed by atoms with Crippen LogP contribution in [0.5, 0.6) is 5.75 Å². The van der Waals surface area contributed by atoms with Crippen molar-refractivity contribution in [2.24, 2.45) is 0 Å². The molecular formula is C22H19ClFN3O5S. The van der Waals surface area contributed by atoms with Crippen molar-refractivity contribution in [1.29, 1.82) is 0 Å². The molecule has 0 fully saturated rings. The van der Waals surface area contributed by atoms with Gasteiger partial charge in [-0.3, -0.25) is 14.3 Å². The van der Waals surface area contributed by atoms with Crippen LogP contribution in [0.1, 0.15) is 10.4 Å². The zero-order chi connectivity index (χ0) is 24.0. The SMILES string of the molecule is COc1ccc(NC(=O)CNC(=O)c2cccc(F)c2)cc1S(=O)(=O)Nc1ccccc1Cl. The van der Waals surface area contributed by atoms with Gasteiger partial charge in [0.05, 0.1) is 24.4 Å². The van der Waals surface area contributed by atoms with Gasteiger partial charge >= 0.3 is 0 Å². The van der Waals surface area contributed by atoms with Crippen LogP contribution in [0.3, 0.4) is 0 Å². The number of ether oxygens (including phenoxy) is 1. The fourth-order valence-electron chi connectivity index (χ4n) is 2.81. The molecule has 3 rings (SSSR count). The second-order valence-electron chi connectivity index (χ2n) is 6.69. The highest BCUT2D eigenvalue weighted by molar-refractivity contribution is 7.92. The molecule has 0 saturated carbocycles. The summed E-state index contributed by atoms with van der Waals surface area (Å²) in [5.41, 5.74) is 0.391.